The van der Waals surface area contributed by atoms with Crippen molar-refractivity contribution >= 4 is 23.3 Å². The van der Waals surface area contributed by atoms with E-state index in [9.17, 15) is 0 Å². The maximum Gasteiger partial charge on any atom is 0.178 e. The molecule has 0 saturated heterocycles. The van der Waals surface area contributed by atoms with Gasteiger partial charge in [0.15, 0.2) is 4.77 Å². The molecule has 0 radical (unpaired) electrons. The van der Waals surface area contributed by atoms with Crippen molar-refractivity contribution in [1.82, 2.24) is 9.55 Å². The molecular formula is C17H26N2S. The van der Waals surface area contributed by atoms with Crippen LogP contribution in [0.5, 0.6) is 0 Å². The van der Waals surface area contributed by atoms with Crippen molar-refractivity contribution in [2.75, 3.05) is 0 Å². The second kappa shape index (κ2) is 8.25. The van der Waals surface area contributed by atoms with E-state index in [0.717, 1.165) is 16.8 Å². The average molecular weight is 290 g/mol. The second-order valence-corrected chi connectivity index (χ2v) is 5.96. The minimum absolute atomic E-state index is 0.856. The number of H-pyrrole nitrogens is 1. The molecule has 0 aliphatic rings. The molecule has 0 aliphatic carbocycles. The first kappa shape index (κ1) is 15.3. The van der Waals surface area contributed by atoms with E-state index in [1.807, 2.05) is 6.07 Å². The van der Waals surface area contributed by atoms with E-state index in [4.69, 9.17) is 12.2 Å². The molecule has 2 aromatic rings. The minimum Gasteiger partial charge on any atom is -0.331 e. The van der Waals surface area contributed by atoms with Crippen molar-refractivity contribution in [1.29, 1.82) is 0 Å². The molecule has 0 aliphatic heterocycles. The highest BCUT2D eigenvalue weighted by Gasteiger charge is 2.02. The number of nitrogens with one attached hydrogen (secondary N) is 1. The van der Waals surface area contributed by atoms with Gasteiger partial charge in [-0.05, 0) is 30.8 Å². The number of fused-ring (bicyclic) bond motifs is 1. The molecule has 20 heavy (non-hydrogen) atoms. The molecule has 2 rings (SSSR count). The lowest BCUT2D eigenvalue weighted by Crippen LogP contribution is -1.97. The summed E-state index contributed by atoms with van der Waals surface area (Å²) >= 11 is 5.41. The first-order valence-corrected chi connectivity index (χ1v) is 8.41. The highest BCUT2D eigenvalue weighted by molar-refractivity contribution is 7.71. The fourth-order valence-electron chi connectivity index (χ4n) is 2.73. The van der Waals surface area contributed by atoms with Crippen LogP contribution in [0.1, 0.15) is 58.3 Å². The van der Waals surface area contributed by atoms with E-state index in [1.54, 1.807) is 0 Å². The number of rotatable bonds is 9. The Bertz CT molecular complexity index is 568. The Kier molecular flexibility index (Phi) is 6.31. The first-order chi connectivity index (χ1) is 9.83. The Morgan fingerprint density at radius 1 is 0.950 bits per heavy atom. The molecular weight excluding hydrogens is 264 g/mol. The van der Waals surface area contributed by atoms with Gasteiger partial charge in [-0.15, -0.1) is 0 Å². The quantitative estimate of drug-likeness (QED) is 0.454. The number of nitrogens with zero attached hydrogens (tertiary/aromatic N) is 1. The van der Waals surface area contributed by atoms with Crippen LogP contribution >= 0.6 is 12.2 Å². The maximum absolute atomic E-state index is 5.41. The van der Waals surface area contributed by atoms with Gasteiger partial charge in [-0.1, -0.05) is 64.0 Å². The van der Waals surface area contributed by atoms with Gasteiger partial charge in [-0.25, -0.2) is 0 Å². The number of aromatic nitrogens is 2. The normalized spacial score (nSPS) is 11.2. The average Bonchev–Trinajstić information content (AvgIpc) is 2.78. The third-order valence-corrected chi connectivity index (χ3v) is 4.24. The van der Waals surface area contributed by atoms with Crippen LogP contribution in [0.15, 0.2) is 24.3 Å². The maximum atomic E-state index is 5.41. The Morgan fingerprint density at radius 3 is 2.35 bits per heavy atom. The molecule has 0 unspecified atom stereocenters. The van der Waals surface area contributed by atoms with Gasteiger partial charge in [0.05, 0.1) is 11.0 Å². The fraction of sp³-hybridized carbons (Fsp3) is 0.588. The molecule has 0 bridgehead atoms. The molecule has 3 heteroatoms. The number of unbranched alkanes of at least 4 members (excludes halogenated alkanes) is 7. The zero-order valence-corrected chi connectivity index (χ0v) is 13.3. The van der Waals surface area contributed by atoms with Crippen LogP contribution < -0.4 is 0 Å². The molecule has 2 nitrogen and oxygen atoms in total. The predicted octanol–water partition coefficient (Wildman–Crippen LogP) is 5.84. The Labute approximate surface area is 127 Å². The number of imidazole rings is 1. The predicted molar refractivity (Wildman–Crippen MR) is 89.7 cm³/mol. The second-order valence-electron chi connectivity index (χ2n) is 5.57. The number of para-hydroxylation sites is 2. The highest BCUT2D eigenvalue weighted by Crippen LogP contribution is 2.15. The van der Waals surface area contributed by atoms with Crippen molar-refractivity contribution in [2.24, 2.45) is 0 Å². The lowest BCUT2D eigenvalue weighted by atomic mass is 10.1. The standard InChI is InChI=1S/C17H26N2S/c1-2-3-4-5-6-7-8-11-14-19-16-13-10-9-12-15(16)18-17(19)20/h9-10,12-13H,2-8,11,14H2,1H3,(H,18,20). The smallest absolute Gasteiger partial charge is 0.178 e. The SMILES string of the molecule is CCCCCCCCCCn1c(=S)[nH]c2ccccc21. The van der Waals surface area contributed by atoms with E-state index in [-0.39, 0.29) is 0 Å². The number of benzene rings is 1. The first-order valence-electron chi connectivity index (χ1n) is 8.00. The Morgan fingerprint density at radius 2 is 1.60 bits per heavy atom. The number of hydrogen-bond acceptors (Lipinski definition) is 1. The van der Waals surface area contributed by atoms with Crippen LogP contribution in [0.2, 0.25) is 0 Å². The van der Waals surface area contributed by atoms with Gasteiger partial charge in [-0.2, -0.15) is 0 Å². The third kappa shape index (κ3) is 4.20. The monoisotopic (exact) mass is 290 g/mol. The Balaban J connectivity index is 1.73. The zero-order valence-electron chi connectivity index (χ0n) is 12.5. The van der Waals surface area contributed by atoms with Crippen LogP contribution in [0.4, 0.5) is 0 Å². The van der Waals surface area contributed by atoms with E-state index in [0.29, 0.717) is 0 Å². The van der Waals surface area contributed by atoms with Gasteiger partial charge in [0.1, 0.15) is 0 Å². The molecule has 1 heterocycles. The molecule has 0 fully saturated rings. The number of aryl methyl sites for hydroxylation is 1. The van der Waals surface area contributed by atoms with Crippen molar-refractivity contribution in [2.45, 2.75) is 64.8 Å². The topological polar surface area (TPSA) is 20.7 Å². The van der Waals surface area contributed by atoms with Gasteiger partial charge in [0.2, 0.25) is 0 Å². The molecule has 0 saturated carbocycles. The summed E-state index contributed by atoms with van der Waals surface area (Å²) in [5, 5.41) is 0. The minimum atomic E-state index is 0.856. The molecule has 0 atom stereocenters. The largest absolute Gasteiger partial charge is 0.331 e. The summed E-state index contributed by atoms with van der Waals surface area (Å²) in [4.78, 5) is 3.28. The van der Waals surface area contributed by atoms with Crippen molar-refractivity contribution < 1.29 is 0 Å². The summed E-state index contributed by atoms with van der Waals surface area (Å²) in [7, 11) is 0. The van der Waals surface area contributed by atoms with Crippen molar-refractivity contribution in [3.05, 3.63) is 29.0 Å². The summed E-state index contributed by atoms with van der Waals surface area (Å²) in [5.74, 6) is 0. The number of hydrogen-bond donors (Lipinski definition) is 1. The zero-order chi connectivity index (χ0) is 14.2. The Hall–Kier alpha value is -1.09. The van der Waals surface area contributed by atoms with Crippen molar-refractivity contribution in [3.63, 3.8) is 0 Å². The molecule has 0 amide bonds. The van der Waals surface area contributed by atoms with Crippen LogP contribution in [0.3, 0.4) is 0 Å². The van der Waals surface area contributed by atoms with Gasteiger partial charge in [0.25, 0.3) is 0 Å². The summed E-state index contributed by atoms with van der Waals surface area (Å²) in [6.07, 6.45) is 10.8. The van der Waals surface area contributed by atoms with Gasteiger partial charge < -0.3 is 9.55 Å². The molecule has 1 N–H and O–H groups in total. The third-order valence-electron chi connectivity index (χ3n) is 3.92. The highest BCUT2D eigenvalue weighted by atomic mass is 32.1. The lowest BCUT2D eigenvalue weighted by molar-refractivity contribution is 0.546. The fourth-order valence-corrected chi connectivity index (χ4v) is 3.03. The van der Waals surface area contributed by atoms with Crippen LogP contribution in [-0.4, -0.2) is 9.55 Å². The summed E-state index contributed by atoms with van der Waals surface area (Å²) < 4.78 is 3.09. The van der Waals surface area contributed by atoms with E-state index in [1.165, 1.54) is 56.9 Å². The summed E-state index contributed by atoms with van der Waals surface area (Å²) in [5.41, 5.74) is 2.39. The van der Waals surface area contributed by atoms with Gasteiger partial charge in [0, 0.05) is 6.54 Å². The summed E-state index contributed by atoms with van der Waals surface area (Å²) in [6, 6.07) is 8.37. The van der Waals surface area contributed by atoms with Crippen molar-refractivity contribution in [3.8, 4) is 0 Å². The van der Waals surface area contributed by atoms with Crippen LogP contribution in [-0.2, 0) is 6.54 Å². The molecule has 1 aromatic carbocycles. The molecule has 1 aromatic heterocycles. The summed E-state index contributed by atoms with van der Waals surface area (Å²) in [6.45, 7) is 3.31. The van der Waals surface area contributed by atoms with Gasteiger partial charge in [-0.3, -0.25) is 0 Å². The van der Waals surface area contributed by atoms with E-state index < -0.39 is 0 Å². The van der Waals surface area contributed by atoms with Gasteiger partial charge >= 0.3 is 0 Å². The van der Waals surface area contributed by atoms with Crippen LogP contribution in [0.25, 0.3) is 11.0 Å². The van der Waals surface area contributed by atoms with E-state index >= 15 is 0 Å². The molecule has 110 valence electrons. The van der Waals surface area contributed by atoms with Crippen LogP contribution in [0, 0.1) is 4.77 Å². The number of aromatic amines is 1. The van der Waals surface area contributed by atoms with E-state index in [2.05, 4.69) is 34.7 Å². The lowest BCUT2D eigenvalue weighted by Gasteiger charge is -2.05. The molecule has 0 spiro atoms.